The highest BCUT2D eigenvalue weighted by Gasteiger charge is 2.58. The number of carbonyl (C=O) groups excluding carboxylic acids is 1. The minimum atomic E-state index is -0.159. The lowest BCUT2D eigenvalue weighted by atomic mass is 9.48. The van der Waals surface area contributed by atoms with Gasteiger partial charge in [0.2, 0.25) is 0 Å². The summed E-state index contributed by atoms with van der Waals surface area (Å²) >= 11 is 0. The molecular weight excluding hydrogens is 284 g/mol. The van der Waals surface area contributed by atoms with Crippen molar-refractivity contribution in [1.82, 2.24) is 0 Å². The van der Waals surface area contributed by atoms with Crippen LogP contribution in [0.5, 0.6) is 0 Å². The number of carbonyl (C=O) groups is 1. The molecule has 1 unspecified atom stereocenters. The van der Waals surface area contributed by atoms with Gasteiger partial charge in [-0.05, 0) is 79.9 Å². The molecular formula is C21H26O2. The maximum Gasteiger partial charge on any atom is 0.178 e. The molecule has 0 spiro atoms. The molecule has 6 atom stereocenters. The third-order valence-corrected chi connectivity index (χ3v) is 7.48. The number of hydrogen-bond donors (Lipinski definition) is 1. The van der Waals surface area contributed by atoms with Crippen molar-refractivity contribution < 1.29 is 9.90 Å². The summed E-state index contributed by atoms with van der Waals surface area (Å²) in [5, 5.41) is 10.5. The number of rotatable bonds is 1. The molecule has 4 aliphatic carbocycles. The summed E-state index contributed by atoms with van der Waals surface area (Å²) < 4.78 is 0. The van der Waals surface area contributed by atoms with Gasteiger partial charge in [-0.2, -0.15) is 0 Å². The van der Waals surface area contributed by atoms with Crippen LogP contribution in [-0.2, 0) is 4.79 Å². The van der Waals surface area contributed by atoms with Gasteiger partial charge in [-0.25, -0.2) is 0 Å². The topological polar surface area (TPSA) is 37.3 Å². The van der Waals surface area contributed by atoms with Crippen LogP contribution in [0, 0.1) is 28.6 Å². The van der Waals surface area contributed by atoms with Crippen LogP contribution in [0.1, 0.15) is 45.4 Å². The minimum absolute atomic E-state index is 0.0929. The summed E-state index contributed by atoms with van der Waals surface area (Å²) in [6.07, 6.45) is 14.1. The number of ketones is 1. The smallest absolute Gasteiger partial charge is 0.178 e. The van der Waals surface area contributed by atoms with E-state index in [9.17, 15) is 9.90 Å². The first-order valence-corrected chi connectivity index (χ1v) is 9.00. The van der Waals surface area contributed by atoms with Gasteiger partial charge in [0.1, 0.15) is 0 Å². The second-order valence-corrected chi connectivity index (χ2v) is 8.24. The standard InChI is InChI=1S/C21H26O2/c1-3-10-21-12-8-15(22)13-14(21)4-5-16-17-6-7-19(23)20(17,2)11-9-18(16)21/h8,10,12-13,16-19,23H,1,4-7,9,11H2,2H3/t16-,17-,18-,19-,20-,21?/m0/s1. The van der Waals surface area contributed by atoms with Crippen molar-refractivity contribution in [2.75, 3.05) is 0 Å². The molecule has 0 aliphatic heterocycles. The van der Waals surface area contributed by atoms with E-state index in [0.29, 0.717) is 17.8 Å². The van der Waals surface area contributed by atoms with Gasteiger partial charge >= 0.3 is 0 Å². The summed E-state index contributed by atoms with van der Waals surface area (Å²) in [4.78, 5) is 11.9. The summed E-state index contributed by atoms with van der Waals surface area (Å²) in [6.45, 7) is 6.12. The zero-order chi connectivity index (χ0) is 16.2. The van der Waals surface area contributed by atoms with Crippen molar-refractivity contribution in [3.05, 3.63) is 42.2 Å². The molecule has 3 saturated carbocycles. The van der Waals surface area contributed by atoms with Crippen molar-refractivity contribution in [1.29, 1.82) is 0 Å². The molecule has 1 N–H and O–H groups in total. The van der Waals surface area contributed by atoms with E-state index < -0.39 is 0 Å². The Bertz CT molecular complexity index is 651. The molecule has 0 aromatic heterocycles. The van der Waals surface area contributed by atoms with E-state index in [1.165, 1.54) is 5.57 Å². The second-order valence-electron chi connectivity index (χ2n) is 8.24. The Morgan fingerprint density at radius 3 is 2.91 bits per heavy atom. The highest BCUT2D eigenvalue weighted by molar-refractivity contribution is 6.01. The van der Waals surface area contributed by atoms with Crippen molar-refractivity contribution in [2.24, 2.45) is 28.6 Å². The maximum atomic E-state index is 11.9. The number of hydrogen-bond acceptors (Lipinski definition) is 2. The van der Waals surface area contributed by atoms with E-state index in [1.54, 1.807) is 6.08 Å². The molecule has 0 bridgehead atoms. The predicted octanol–water partition coefficient (Wildman–Crippen LogP) is 3.98. The average Bonchev–Trinajstić information content (AvgIpc) is 2.84. The third-order valence-electron chi connectivity index (χ3n) is 7.48. The molecule has 0 radical (unpaired) electrons. The van der Waals surface area contributed by atoms with Crippen LogP contribution in [0.3, 0.4) is 0 Å². The fourth-order valence-corrected chi connectivity index (χ4v) is 6.32. The van der Waals surface area contributed by atoms with Crippen LogP contribution in [0.15, 0.2) is 42.2 Å². The largest absolute Gasteiger partial charge is 0.393 e. The van der Waals surface area contributed by atoms with Crippen LogP contribution in [0.2, 0.25) is 0 Å². The molecule has 23 heavy (non-hydrogen) atoms. The maximum absolute atomic E-state index is 11.9. The van der Waals surface area contributed by atoms with Gasteiger partial charge in [-0.15, -0.1) is 5.73 Å². The van der Waals surface area contributed by atoms with E-state index in [0.717, 1.165) is 38.5 Å². The fourth-order valence-electron chi connectivity index (χ4n) is 6.32. The SMILES string of the molecule is C=C=CC12C=CC(=O)C=C1CC[C@@H]1[C@@H]2CC[C@]2(C)[C@@H](O)CC[C@@H]12. The van der Waals surface area contributed by atoms with Crippen molar-refractivity contribution in [3.8, 4) is 0 Å². The van der Waals surface area contributed by atoms with Gasteiger partial charge in [-0.1, -0.05) is 25.2 Å². The number of aliphatic hydroxyl groups excluding tert-OH is 1. The highest BCUT2D eigenvalue weighted by Crippen LogP contribution is 2.64. The lowest BCUT2D eigenvalue weighted by molar-refractivity contribution is -0.111. The van der Waals surface area contributed by atoms with Crippen molar-refractivity contribution in [3.63, 3.8) is 0 Å². The van der Waals surface area contributed by atoms with E-state index in [2.05, 4.69) is 31.4 Å². The predicted molar refractivity (Wildman–Crippen MR) is 90.7 cm³/mol. The number of allylic oxidation sites excluding steroid dienone is 5. The monoisotopic (exact) mass is 310 g/mol. The first-order chi connectivity index (χ1) is 11.0. The Morgan fingerprint density at radius 2 is 2.13 bits per heavy atom. The Kier molecular flexibility index (Phi) is 3.34. The Labute approximate surface area is 138 Å². The molecule has 3 fully saturated rings. The lowest BCUT2D eigenvalue weighted by Gasteiger charge is -2.56. The van der Waals surface area contributed by atoms with Crippen molar-refractivity contribution >= 4 is 5.78 Å². The molecule has 0 aromatic carbocycles. The normalized spacial score (nSPS) is 47.9. The molecule has 2 nitrogen and oxygen atoms in total. The van der Waals surface area contributed by atoms with E-state index >= 15 is 0 Å². The Morgan fingerprint density at radius 1 is 1.30 bits per heavy atom. The first-order valence-electron chi connectivity index (χ1n) is 9.00. The van der Waals surface area contributed by atoms with E-state index in [1.807, 2.05) is 6.08 Å². The second kappa shape index (κ2) is 5.06. The molecule has 0 aromatic rings. The summed E-state index contributed by atoms with van der Waals surface area (Å²) in [7, 11) is 0. The van der Waals surface area contributed by atoms with E-state index in [4.69, 9.17) is 0 Å². The van der Waals surface area contributed by atoms with E-state index in [-0.39, 0.29) is 22.7 Å². The summed E-state index contributed by atoms with van der Waals surface area (Å²) in [6, 6.07) is 0. The Balaban J connectivity index is 1.77. The average molecular weight is 310 g/mol. The fraction of sp³-hybridized carbons (Fsp3) is 0.619. The third kappa shape index (κ3) is 1.95. The van der Waals surface area contributed by atoms with Gasteiger partial charge in [0.25, 0.3) is 0 Å². The van der Waals surface area contributed by atoms with Crippen LogP contribution >= 0.6 is 0 Å². The number of fused-ring (bicyclic) bond motifs is 5. The van der Waals surface area contributed by atoms with Gasteiger partial charge < -0.3 is 5.11 Å². The quantitative estimate of drug-likeness (QED) is 0.744. The van der Waals surface area contributed by atoms with Crippen molar-refractivity contribution in [2.45, 2.75) is 51.6 Å². The molecule has 2 heteroatoms. The Hall–Kier alpha value is -1.37. The molecule has 4 aliphatic rings. The summed E-state index contributed by atoms with van der Waals surface area (Å²) in [5.41, 5.74) is 4.21. The van der Waals surface area contributed by atoms with Gasteiger partial charge in [0.15, 0.2) is 5.78 Å². The minimum Gasteiger partial charge on any atom is -0.393 e. The zero-order valence-electron chi connectivity index (χ0n) is 13.9. The molecule has 0 amide bonds. The highest BCUT2D eigenvalue weighted by atomic mass is 16.3. The summed E-state index contributed by atoms with van der Waals surface area (Å²) in [5.74, 6) is 1.87. The molecule has 122 valence electrons. The lowest BCUT2D eigenvalue weighted by Crippen LogP contribution is -2.50. The molecule has 0 saturated heterocycles. The molecule has 0 heterocycles. The van der Waals surface area contributed by atoms with Gasteiger partial charge in [0, 0.05) is 5.41 Å². The zero-order valence-corrected chi connectivity index (χ0v) is 13.9. The number of aliphatic hydroxyl groups is 1. The van der Waals surface area contributed by atoms with Crippen LogP contribution in [0.4, 0.5) is 0 Å². The van der Waals surface area contributed by atoms with Crippen LogP contribution in [0.25, 0.3) is 0 Å². The van der Waals surface area contributed by atoms with Gasteiger partial charge in [-0.3, -0.25) is 4.79 Å². The van der Waals surface area contributed by atoms with Crippen LogP contribution in [-0.4, -0.2) is 17.0 Å². The van der Waals surface area contributed by atoms with Gasteiger partial charge in [0.05, 0.1) is 6.10 Å². The first kappa shape index (κ1) is 15.2. The molecule has 4 rings (SSSR count). The van der Waals surface area contributed by atoms with Crippen LogP contribution < -0.4 is 0 Å².